The van der Waals surface area contributed by atoms with Gasteiger partial charge in [0, 0.05) is 13.2 Å². The van der Waals surface area contributed by atoms with Gasteiger partial charge in [-0.3, -0.25) is 0 Å². The van der Waals surface area contributed by atoms with E-state index in [1.54, 1.807) is 0 Å². The standard InChI is InChI=1S/C10H20O2S/c1-10(2,8-13)7-12-9-3-5-11-6-4-9/h9,13H,3-8H2,1-2H3. The van der Waals surface area contributed by atoms with Gasteiger partial charge in [-0.2, -0.15) is 12.6 Å². The predicted molar refractivity (Wildman–Crippen MR) is 57.4 cm³/mol. The largest absolute Gasteiger partial charge is 0.381 e. The summed E-state index contributed by atoms with van der Waals surface area (Å²) in [6, 6.07) is 0. The van der Waals surface area contributed by atoms with Gasteiger partial charge in [-0.25, -0.2) is 0 Å². The van der Waals surface area contributed by atoms with E-state index in [0.29, 0.717) is 6.10 Å². The maximum absolute atomic E-state index is 5.81. The van der Waals surface area contributed by atoms with Gasteiger partial charge in [0.2, 0.25) is 0 Å². The first-order valence-corrected chi connectivity index (χ1v) is 5.57. The maximum atomic E-state index is 5.81. The number of rotatable bonds is 4. The van der Waals surface area contributed by atoms with Gasteiger partial charge in [0.1, 0.15) is 0 Å². The van der Waals surface area contributed by atoms with Crippen molar-refractivity contribution in [1.82, 2.24) is 0 Å². The molecule has 13 heavy (non-hydrogen) atoms. The zero-order valence-electron chi connectivity index (χ0n) is 8.58. The van der Waals surface area contributed by atoms with Gasteiger partial charge in [-0.15, -0.1) is 0 Å². The lowest BCUT2D eigenvalue weighted by molar-refractivity contribution is -0.0520. The van der Waals surface area contributed by atoms with Gasteiger partial charge in [0.05, 0.1) is 12.7 Å². The second kappa shape index (κ2) is 5.23. The van der Waals surface area contributed by atoms with Crippen molar-refractivity contribution in [2.75, 3.05) is 25.6 Å². The molecule has 78 valence electrons. The van der Waals surface area contributed by atoms with Crippen LogP contribution in [0.4, 0.5) is 0 Å². The summed E-state index contributed by atoms with van der Waals surface area (Å²) in [6.07, 6.45) is 2.50. The predicted octanol–water partition coefficient (Wildman–Crippen LogP) is 2.14. The molecule has 0 atom stereocenters. The molecule has 0 amide bonds. The summed E-state index contributed by atoms with van der Waals surface area (Å²) in [5, 5.41) is 0. The molecule has 0 saturated carbocycles. The van der Waals surface area contributed by atoms with E-state index in [4.69, 9.17) is 9.47 Å². The van der Waals surface area contributed by atoms with Crippen molar-refractivity contribution in [3.8, 4) is 0 Å². The van der Waals surface area contributed by atoms with E-state index in [1.807, 2.05) is 0 Å². The molecule has 0 unspecified atom stereocenters. The smallest absolute Gasteiger partial charge is 0.0619 e. The molecule has 2 nitrogen and oxygen atoms in total. The summed E-state index contributed by atoms with van der Waals surface area (Å²) in [7, 11) is 0. The van der Waals surface area contributed by atoms with Crippen LogP contribution in [0.5, 0.6) is 0 Å². The van der Waals surface area contributed by atoms with Crippen molar-refractivity contribution < 1.29 is 9.47 Å². The fourth-order valence-electron chi connectivity index (χ4n) is 1.23. The summed E-state index contributed by atoms with van der Waals surface area (Å²) in [5.74, 6) is 0.871. The summed E-state index contributed by atoms with van der Waals surface area (Å²) in [5.41, 5.74) is 0.196. The second-order valence-corrected chi connectivity index (χ2v) is 4.76. The fourth-order valence-corrected chi connectivity index (χ4v) is 1.32. The maximum Gasteiger partial charge on any atom is 0.0619 e. The Balaban J connectivity index is 2.17. The molecule has 1 aliphatic heterocycles. The van der Waals surface area contributed by atoms with Crippen molar-refractivity contribution in [3.05, 3.63) is 0 Å². The highest BCUT2D eigenvalue weighted by Gasteiger charge is 2.20. The molecule has 0 N–H and O–H groups in total. The third kappa shape index (κ3) is 4.34. The van der Waals surface area contributed by atoms with E-state index in [-0.39, 0.29) is 5.41 Å². The average Bonchev–Trinajstić information content (AvgIpc) is 2.17. The van der Waals surface area contributed by atoms with E-state index < -0.39 is 0 Å². The third-order valence-electron chi connectivity index (χ3n) is 2.31. The van der Waals surface area contributed by atoms with E-state index >= 15 is 0 Å². The molecule has 0 aromatic rings. The topological polar surface area (TPSA) is 18.5 Å². The highest BCUT2D eigenvalue weighted by molar-refractivity contribution is 7.80. The van der Waals surface area contributed by atoms with Gasteiger partial charge in [-0.1, -0.05) is 13.8 Å². The zero-order chi connectivity index (χ0) is 9.73. The lowest BCUT2D eigenvalue weighted by atomic mass is 9.98. The van der Waals surface area contributed by atoms with Crippen LogP contribution >= 0.6 is 12.6 Å². The number of ether oxygens (including phenoxy) is 2. The van der Waals surface area contributed by atoms with E-state index in [0.717, 1.165) is 38.4 Å². The quantitative estimate of drug-likeness (QED) is 0.707. The van der Waals surface area contributed by atoms with Gasteiger partial charge in [0.15, 0.2) is 0 Å². The summed E-state index contributed by atoms with van der Waals surface area (Å²) < 4.78 is 11.1. The van der Waals surface area contributed by atoms with Crippen LogP contribution in [-0.4, -0.2) is 31.7 Å². The monoisotopic (exact) mass is 204 g/mol. The molecular formula is C10H20O2S. The van der Waals surface area contributed by atoms with Gasteiger partial charge < -0.3 is 9.47 Å². The first-order chi connectivity index (χ1) is 6.14. The summed E-state index contributed by atoms with van der Waals surface area (Å²) in [4.78, 5) is 0. The minimum Gasteiger partial charge on any atom is -0.381 e. The van der Waals surface area contributed by atoms with Crippen LogP contribution in [0.15, 0.2) is 0 Å². The van der Waals surface area contributed by atoms with Gasteiger partial charge in [-0.05, 0) is 24.0 Å². The molecule has 1 saturated heterocycles. The van der Waals surface area contributed by atoms with E-state index in [9.17, 15) is 0 Å². The molecule has 0 aromatic heterocycles. The van der Waals surface area contributed by atoms with E-state index in [1.165, 1.54) is 0 Å². The van der Waals surface area contributed by atoms with Crippen LogP contribution in [0.2, 0.25) is 0 Å². The average molecular weight is 204 g/mol. The fraction of sp³-hybridized carbons (Fsp3) is 1.00. The normalized spacial score (nSPS) is 20.5. The Kier molecular flexibility index (Phi) is 4.56. The molecular weight excluding hydrogens is 184 g/mol. The molecule has 3 heteroatoms. The Labute approximate surface area is 86.4 Å². The highest BCUT2D eigenvalue weighted by atomic mass is 32.1. The Hall–Kier alpha value is 0.270. The first-order valence-electron chi connectivity index (χ1n) is 4.94. The molecule has 1 aliphatic rings. The van der Waals surface area contributed by atoms with Crippen molar-refractivity contribution in [3.63, 3.8) is 0 Å². The lowest BCUT2D eigenvalue weighted by Gasteiger charge is -2.28. The number of hydrogen-bond acceptors (Lipinski definition) is 3. The van der Waals surface area contributed by atoms with Crippen LogP contribution in [0.3, 0.4) is 0 Å². The number of hydrogen-bond donors (Lipinski definition) is 1. The lowest BCUT2D eigenvalue weighted by Crippen LogP contribution is -2.29. The minimum atomic E-state index is 0.196. The SMILES string of the molecule is CC(C)(CS)COC1CCOCC1. The third-order valence-corrected chi connectivity index (χ3v) is 3.16. The molecule has 0 radical (unpaired) electrons. The van der Waals surface area contributed by atoms with Gasteiger partial charge >= 0.3 is 0 Å². The van der Waals surface area contributed by atoms with Gasteiger partial charge in [0.25, 0.3) is 0 Å². The Morgan fingerprint density at radius 3 is 2.54 bits per heavy atom. The Morgan fingerprint density at radius 1 is 1.38 bits per heavy atom. The molecule has 0 aliphatic carbocycles. The summed E-state index contributed by atoms with van der Waals surface area (Å²) in [6.45, 7) is 6.87. The second-order valence-electron chi connectivity index (χ2n) is 4.45. The van der Waals surface area contributed by atoms with Crippen LogP contribution in [0, 0.1) is 5.41 Å². The van der Waals surface area contributed by atoms with Crippen molar-refractivity contribution in [1.29, 1.82) is 0 Å². The molecule has 1 fully saturated rings. The van der Waals surface area contributed by atoms with Crippen LogP contribution in [-0.2, 0) is 9.47 Å². The molecule has 1 rings (SSSR count). The highest BCUT2D eigenvalue weighted by Crippen LogP contribution is 2.20. The minimum absolute atomic E-state index is 0.196. The molecule has 0 bridgehead atoms. The number of thiol groups is 1. The Morgan fingerprint density at radius 2 is 2.00 bits per heavy atom. The summed E-state index contributed by atoms with van der Waals surface area (Å²) >= 11 is 4.29. The van der Waals surface area contributed by atoms with Crippen LogP contribution in [0.25, 0.3) is 0 Å². The Bertz CT molecular complexity index is 142. The van der Waals surface area contributed by atoms with E-state index in [2.05, 4.69) is 26.5 Å². The zero-order valence-corrected chi connectivity index (χ0v) is 9.48. The first kappa shape index (κ1) is 11.3. The van der Waals surface area contributed by atoms with Crippen molar-refractivity contribution in [2.45, 2.75) is 32.8 Å². The molecule has 1 heterocycles. The molecule has 0 aromatic carbocycles. The van der Waals surface area contributed by atoms with Crippen LogP contribution < -0.4 is 0 Å². The van der Waals surface area contributed by atoms with Crippen molar-refractivity contribution >= 4 is 12.6 Å². The molecule has 0 spiro atoms. The van der Waals surface area contributed by atoms with Crippen LogP contribution in [0.1, 0.15) is 26.7 Å². The van der Waals surface area contributed by atoms with Crippen molar-refractivity contribution in [2.24, 2.45) is 5.41 Å².